The summed E-state index contributed by atoms with van der Waals surface area (Å²) in [6.07, 6.45) is 0. The quantitative estimate of drug-likeness (QED) is 0.693. The summed E-state index contributed by atoms with van der Waals surface area (Å²) >= 11 is 0. The lowest BCUT2D eigenvalue weighted by atomic mass is 9.98. The second-order valence-electron chi connectivity index (χ2n) is 9.92. The van der Waals surface area contributed by atoms with E-state index in [1.54, 1.807) is 0 Å². The van der Waals surface area contributed by atoms with Gasteiger partial charge in [0, 0.05) is 0 Å². The molecule has 0 aliphatic carbocycles. The van der Waals surface area contributed by atoms with Crippen LogP contribution in [0.4, 0.5) is 0 Å². The maximum Gasteiger partial charge on any atom is 0.317 e. The Balaban J connectivity index is 3.14. The normalized spacial score (nSPS) is 23.1. The zero-order valence-corrected chi connectivity index (χ0v) is 20.7. The molecule has 0 aromatic carbocycles. The van der Waals surface area contributed by atoms with E-state index in [1.807, 2.05) is 20.8 Å². The molecule has 1 aliphatic rings. The largest absolute Gasteiger partial charge is 0.506 e. The first kappa shape index (κ1) is 20.3. The monoisotopic (exact) mass is 376 g/mol. The Morgan fingerprint density at radius 1 is 0.864 bits per heavy atom. The summed E-state index contributed by atoms with van der Waals surface area (Å²) in [7, 11) is -6.88. The zero-order valence-electron chi connectivity index (χ0n) is 16.7. The van der Waals surface area contributed by atoms with Crippen LogP contribution in [0.5, 0.6) is 0 Å². The molecule has 1 heterocycles. The Morgan fingerprint density at radius 2 is 1.23 bits per heavy atom. The van der Waals surface area contributed by atoms with Crippen molar-refractivity contribution in [3.63, 3.8) is 0 Å². The van der Waals surface area contributed by atoms with E-state index in [9.17, 15) is 4.79 Å². The van der Waals surface area contributed by atoms with Crippen molar-refractivity contribution in [3.05, 3.63) is 0 Å². The molecule has 4 nitrogen and oxygen atoms in total. The number of rotatable bonds is 3. The molecule has 0 saturated carbocycles. The van der Waals surface area contributed by atoms with Gasteiger partial charge >= 0.3 is 8.48 Å². The van der Waals surface area contributed by atoms with E-state index in [0.29, 0.717) is 0 Å². The molecule has 0 atom stereocenters. The molecule has 1 aliphatic heterocycles. The Kier molecular flexibility index (Phi) is 4.97. The summed E-state index contributed by atoms with van der Waals surface area (Å²) < 4.78 is 11.8. The molecule has 0 spiro atoms. The van der Waals surface area contributed by atoms with Crippen LogP contribution in [0.2, 0.25) is 58.9 Å². The number of carbonyl (C=O) groups is 1. The third-order valence-corrected chi connectivity index (χ3v) is 32.2. The predicted molar refractivity (Wildman–Crippen MR) is 105 cm³/mol. The maximum atomic E-state index is 12.4. The highest BCUT2D eigenvalue weighted by atomic mass is 28.6. The Labute approximate surface area is 141 Å². The standard InChI is InChI=1S/C14H36N2O2Si4/c1-14(2,3)13(17)18-22(11,12)16-20(7,8)15(19(4,5)6)21(16,9)10/h1-12H3. The van der Waals surface area contributed by atoms with Crippen molar-refractivity contribution < 1.29 is 9.22 Å². The number of hydrogen-bond donors (Lipinski definition) is 0. The molecule has 0 radical (unpaired) electrons. The predicted octanol–water partition coefficient (Wildman–Crippen LogP) is 4.13. The lowest BCUT2D eigenvalue weighted by molar-refractivity contribution is -0.144. The van der Waals surface area contributed by atoms with Gasteiger partial charge in [0.05, 0.1) is 5.41 Å². The summed E-state index contributed by atoms with van der Waals surface area (Å²) in [5.74, 6) is -0.0507. The van der Waals surface area contributed by atoms with E-state index < -0.39 is 38.9 Å². The molecule has 1 rings (SSSR count). The molecule has 0 bridgehead atoms. The van der Waals surface area contributed by atoms with Gasteiger partial charge in [0.1, 0.15) is 8.24 Å². The molecule has 8 heteroatoms. The minimum absolute atomic E-state index is 0.0507. The van der Waals surface area contributed by atoms with Gasteiger partial charge in [-0.15, -0.1) is 0 Å². The molecule has 0 amide bonds. The summed E-state index contributed by atoms with van der Waals surface area (Å²) in [4.78, 5) is 12.4. The first-order chi connectivity index (χ1) is 9.36. The van der Waals surface area contributed by atoms with Crippen molar-refractivity contribution in [1.29, 1.82) is 0 Å². The van der Waals surface area contributed by atoms with E-state index >= 15 is 0 Å². The van der Waals surface area contributed by atoms with Crippen LogP contribution in [0.15, 0.2) is 0 Å². The van der Waals surface area contributed by atoms with Gasteiger partial charge in [0.25, 0.3) is 5.97 Å². The zero-order chi connectivity index (χ0) is 17.9. The average molecular weight is 377 g/mol. The highest BCUT2D eigenvalue weighted by molar-refractivity contribution is 7.19. The number of nitrogens with zero attached hydrogens (tertiary/aromatic N) is 2. The molecule has 22 heavy (non-hydrogen) atoms. The van der Waals surface area contributed by atoms with Crippen LogP contribution in [-0.4, -0.2) is 47.3 Å². The third kappa shape index (κ3) is 3.36. The summed E-state index contributed by atoms with van der Waals surface area (Å²) in [5, 5.41) is 0. The van der Waals surface area contributed by atoms with Gasteiger partial charge in [0.2, 0.25) is 0 Å². The second kappa shape index (κ2) is 5.38. The molecule has 0 unspecified atom stereocenters. The van der Waals surface area contributed by atoms with Gasteiger partial charge in [-0.2, -0.15) is 0 Å². The fraction of sp³-hybridized carbons (Fsp3) is 0.929. The highest BCUT2D eigenvalue weighted by Crippen LogP contribution is 2.46. The first-order valence-electron chi connectivity index (χ1n) is 8.20. The van der Waals surface area contributed by atoms with E-state index in [2.05, 4.69) is 66.7 Å². The Hall–Kier alpha value is 0.258. The fourth-order valence-corrected chi connectivity index (χ4v) is 44.3. The van der Waals surface area contributed by atoms with Crippen LogP contribution >= 0.6 is 0 Å². The minimum atomic E-state index is -2.20. The van der Waals surface area contributed by atoms with Crippen LogP contribution in [0, 0.1) is 5.41 Å². The van der Waals surface area contributed by atoms with Crippen molar-refractivity contribution in [1.82, 2.24) is 7.79 Å². The average Bonchev–Trinajstić information content (AvgIpc) is 2.06. The van der Waals surface area contributed by atoms with E-state index in [1.165, 1.54) is 0 Å². The minimum Gasteiger partial charge on any atom is -0.506 e. The van der Waals surface area contributed by atoms with Gasteiger partial charge in [-0.3, -0.25) is 4.79 Å². The van der Waals surface area contributed by atoms with Gasteiger partial charge < -0.3 is 12.2 Å². The Bertz CT molecular complexity index is 448. The number of hydrogen-bond acceptors (Lipinski definition) is 4. The molecule has 130 valence electrons. The van der Waals surface area contributed by atoms with Gasteiger partial charge in [0.15, 0.2) is 16.8 Å². The van der Waals surface area contributed by atoms with Gasteiger partial charge in [-0.05, 0) is 60.1 Å². The van der Waals surface area contributed by atoms with E-state index in [0.717, 1.165) is 0 Å². The summed E-state index contributed by atoms with van der Waals surface area (Å²) in [5.41, 5.74) is -0.426. The maximum absolute atomic E-state index is 12.4. The van der Waals surface area contributed by atoms with Crippen molar-refractivity contribution >= 4 is 39.5 Å². The SMILES string of the molecule is CC(C)(C)C(=O)O[Si](C)(C)N1[Si](C)(C)N([Si](C)(C)C)[Si]1(C)C. The van der Waals surface area contributed by atoms with Gasteiger partial charge in [-0.25, -0.2) is 0 Å². The van der Waals surface area contributed by atoms with Crippen molar-refractivity contribution in [2.45, 2.75) is 79.7 Å². The van der Waals surface area contributed by atoms with Crippen LogP contribution in [-0.2, 0) is 9.22 Å². The van der Waals surface area contributed by atoms with Crippen LogP contribution < -0.4 is 0 Å². The topological polar surface area (TPSA) is 32.8 Å². The van der Waals surface area contributed by atoms with Gasteiger partial charge in [-0.1, -0.05) is 19.6 Å². The van der Waals surface area contributed by atoms with E-state index in [4.69, 9.17) is 4.43 Å². The number of carbonyl (C=O) groups excluding carboxylic acids is 1. The lowest BCUT2D eigenvalue weighted by Gasteiger charge is -2.74. The van der Waals surface area contributed by atoms with Crippen molar-refractivity contribution in [2.24, 2.45) is 5.41 Å². The molecule has 0 aromatic heterocycles. The highest BCUT2D eigenvalue weighted by Gasteiger charge is 2.69. The molecule has 1 fully saturated rings. The van der Waals surface area contributed by atoms with Crippen LogP contribution in [0.25, 0.3) is 0 Å². The second-order valence-corrected chi connectivity index (χ2v) is 28.7. The smallest absolute Gasteiger partial charge is 0.317 e. The van der Waals surface area contributed by atoms with Crippen molar-refractivity contribution in [2.75, 3.05) is 0 Å². The molecule has 1 saturated heterocycles. The first-order valence-corrected chi connectivity index (χ1v) is 20.3. The summed E-state index contributed by atoms with van der Waals surface area (Å²) in [6.45, 7) is 27.3. The fourth-order valence-electron chi connectivity index (χ4n) is 4.88. The van der Waals surface area contributed by atoms with Crippen molar-refractivity contribution in [3.8, 4) is 0 Å². The van der Waals surface area contributed by atoms with E-state index in [-0.39, 0.29) is 5.97 Å². The van der Waals surface area contributed by atoms with Crippen LogP contribution in [0.3, 0.4) is 0 Å². The lowest BCUT2D eigenvalue weighted by Crippen LogP contribution is -2.97. The molecular weight excluding hydrogens is 341 g/mol. The Morgan fingerprint density at radius 3 is 1.50 bits per heavy atom. The van der Waals surface area contributed by atoms with Crippen LogP contribution in [0.1, 0.15) is 20.8 Å². The molecular formula is C14H36N2O2Si4. The summed E-state index contributed by atoms with van der Waals surface area (Å²) in [6, 6.07) is 0. The molecule has 0 N–H and O–H groups in total. The third-order valence-electron chi connectivity index (χ3n) is 4.35. The molecule has 0 aromatic rings.